The van der Waals surface area contributed by atoms with Gasteiger partial charge in [-0.05, 0) is 41.0 Å². The molecule has 106 valence electrons. The largest absolute Gasteiger partial charge is 0.486 e. The molecule has 6 nitrogen and oxygen atoms in total. The minimum absolute atomic E-state index is 0.562. The Balaban J connectivity index is 1.90. The van der Waals surface area contributed by atoms with Crippen molar-refractivity contribution >= 4 is 15.9 Å². The van der Waals surface area contributed by atoms with Gasteiger partial charge in [0.05, 0.1) is 10.7 Å². The number of hydrogen-bond acceptors (Lipinski definition) is 5. The summed E-state index contributed by atoms with van der Waals surface area (Å²) >= 11 is 3.50. The van der Waals surface area contributed by atoms with Gasteiger partial charge in [0, 0.05) is 12.1 Å². The van der Waals surface area contributed by atoms with Gasteiger partial charge in [0.1, 0.15) is 18.9 Å². The molecule has 2 N–H and O–H groups in total. The van der Waals surface area contributed by atoms with Crippen LogP contribution in [-0.4, -0.2) is 34.8 Å². The molecule has 20 heavy (non-hydrogen) atoms. The third kappa shape index (κ3) is 2.64. The highest BCUT2D eigenvalue weighted by Gasteiger charge is 2.18. The third-order valence-electron chi connectivity index (χ3n) is 3.02. The van der Waals surface area contributed by atoms with Crippen molar-refractivity contribution in [3.8, 4) is 22.8 Å². The first-order valence-electron chi connectivity index (χ1n) is 6.47. The van der Waals surface area contributed by atoms with E-state index in [0.29, 0.717) is 19.8 Å². The fourth-order valence-corrected chi connectivity index (χ4v) is 2.61. The van der Waals surface area contributed by atoms with Gasteiger partial charge >= 0.3 is 0 Å². The number of benzene rings is 1. The van der Waals surface area contributed by atoms with Crippen molar-refractivity contribution in [1.29, 1.82) is 0 Å². The number of ether oxygens (including phenoxy) is 2. The Morgan fingerprint density at radius 1 is 1.30 bits per heavy atom. The molecule has 1 aromatic heterocycles. The van der Waals surface area contributed by atoms with E-state index in [1.165, 1.54) is 0 Å². The standard InChI is InChI=1S/C13H15BrN4O2/c14-10-6-9(7-12-13(10)20-5-4-19-12)11-8-18(17-16-11)3-1-2-15/h6-8H,1-5,15H2. The lowest BCUT2D eigenvalue weighted by Gasteiger charge is -2.20. The molecule has 0 atom stereocenters. The maximum absolute atomic E-state index is 5.61. The molecule has 0 spiro atoms. The summed E-state index contributed by atoms with van der Waals surface area (Å²) in [6.45, 7) is 2.55. The number of rotatable bonds is 4. The van der Waals surface area contributed by atoms with Crippen molar-refractivity contribution in [2.75, 3.05) is 19.8 Å². The van der Waals surface area contributed by atoms with Crippen molar-refractivity contribution in [2.24, 2.45) is 5.73 Å². The van der Waals surface area contributed by atoms with Gasteiger partial charge in [-0.15, -0.1) is 5.10 Å². The number of halogens is 1. The van der Waals surface area contributed by atoms with E-state index in [-0.39, 0.29) is 0 Å². The number of aryl methyl sites for hydroxylation is 1. The fourth-order valence-electron chi connectivity index (χ4n) is 2.05. The van der Waals surface area contributed by atoms with Crippen molar-refractivity contribution in [1.82, 2.24) is 15.0 Å². The zero-order chi connectivity index (χ0) is 13.9. The summed E-state index contributed by atoms with van der Waals surface area (Å²) in [5.74, 6) is 1.48. The van der Waals surface area contributed by atoms with Crippen LogP contribution >= 0.6 is 15.9 Å². The number of fused-ring (bicyclic) bond motifs is 1. The second-order valence-electron chi connectivity index (χ2n) is 4.49. The van der Waals surface area contributed by atoms with Crippen LogP contribution in [0.1, 0.15) is 6.42 Å². The number of nitrogens with zero attached hydrogens (tertiary/aromatic N) is 3. The van der Waals surface area contributed by atoms with E-state index in [1.54, 1.807) is 4.68 Å². The van der Waals surface area contributed by atoms with Gasteiger partial charge in [0.25, 0.3) is 0 Å². The van der Waals surface area contributed by atoms with Gasteiger partial charge in [-0.1, -0.05) is 5.21 Å². The Hall–Kier alpha value is -1.60. The van der Waals surface area contributed by atoms with Gasteiger partial charge < -0.3 is 15.2 Å². The van der Waals surface area contributed by atoms with Crippen molar-refractivity contribution in [2.45, 2.75) is 13.0 Å². The minimum atomic E-state index is 0.562. The molecule has 1 aliphatic heterocycles. The first-order chi connectivity index (χ1) is 9.78. The van der Waals surface area contributed by atoms with Crippen molar-refractivity contribution in [3.63, 3.8) is 0 Å². The normalized spacial score (nSPS) is 13.5. The maximum atomic E-state index is 5.61. The Morgan fingerprint density at radius 3 is 3.00 bits per heavy atom. The van der Waals surface area contributed by atoms with Crippen LogP contribution in [0.3, 0.4) is 0 Å². The molecule has 3 rings (SSSR count). The third-order valence-corrected chi connectivity index (χ3v) is 3.61. The minimum Gasteiger partial charge on any atom is -0.486 e. The molecule has 0 amide bonds. The highest BCUT2D eigenvalue weighted by atomic mass is 79.9. The predicted octanol–water partition coefficient (Wildman–Crippen LogP) is 1.83. The Bertz CT molecular complexity index is 614. The lowest BCUT2D eigenvalue weighted by molar-refractivity contribution is 0.170. The average molecular weight is 339 g/mol. The number of hydrogen-bond donors (Lipinski definition) is 1. The Kier molecular flexibility index (Phi) is 3.88. The van der Waals surface area contributed by atoms with E-state index in [0.717, 1.165) is 40.2 Å². The second-order valence-corrected chi connectivity index (χ2v) is 5.35. The lowest BCUT2D eigenvalue weighted by atomic mass is 10.1. The second kappa shape index (κ2) is 5.80. The molecule has 0 radical (unpaired) electrons. The van der Waals surface area contributed by atoms with E-state index in [1.807, 2.05) is 18.3 Å². The van der Waals surface area contributed by atoms with Crippen LogP contribution in [0.5, 0.6) is 11.5 Å². The lowest BCUT2D eigenvalue weighted by Crippen LogP contribution is -2.15. The highest BCUT2D eigenvalue weighted by Crippen LogP contribution is 2.40. The zero-order valence-electron chi connectivity index (χ0n) is 10.9. The number of aromatic nitrogens is 3. The molecular weight excluding hydrogens is 324 g/mol. The monoisotopic (exact) mass is 338 g/mol. The zero-order valence-corrected chi connectivity index (χ0v) is 12.5. The molecular formula is C13H15BrN4O2. The topological polar surface area (TPSA) is 75.2 Å². The molecule has 0 bridgehead atoms. The summed E-state index contributed by atoms with van der Waals surface area (Å²) in [6.07, 6.45) is 2.79. The summed E-state index contributed by atoms with van der Waals surface area (Å²) < 4.78 is 13.8. The molecule has 1 aliphatic rings. The molecule has 1 aromatic carbocycles. The quantitative estimate of drug-likeness (QED) is 0.920. The Labute approximate surface area is 125 Å². The van der Waals surface area contributed by atoms with E-state index in [2.05, 4.69) is 26.2 Å². The molecule has 2 aromatic rings. The van der Waals surface area contributed by atoms with Crippen LogP contribution in [0, 0.1) is 0 Å². The van der Waals surface area contributed by atoms with Gasteiger partial charge in [-0.3, -0.25) is 4.68 Å². The first kappa shape index (κ1) is 13.4. The molecule has 0 saturated heterocycles. The van der Waals surface area contributed by atoms with Gasteiger partial charge in [0.15, 0.2) is 11.5 Å². The fraction of sp³-hybridized carbons (Fsp3) is 0.385. The summed E-state index contributed by atoms with van der Waals surface area (Å²) in [4.78, 5) is 0. The van der Waals surface area contributed by atoms with Crippen LogP contribution < -0.4 is 15.2 Å². The SMILES string of the molecule is NCCCn1cc(-c2cc(Br)c3c(c2)OCCO3)nn1. The molecule has 2 heterocycles. The van der Waals surface area contributed by atoms with Gasteiger partial charge in [-0.25, -0.2) is 0 Å². The smallest absolute Gasteiger partial charge is 0.175 e. The summed E-state index contributed by atoms with van der Waals surface area (Å²) in [5, 5.41) is 8.28. The van der Waals surface area contributed by atoms with Crippen LogP contribution in [0.2, 0.25) is 0 Å². The summed E-state index contributed by atoms with van der Waals surface area (Å²) in [5.41, 5.74) is 7.24. The number of nitrogens with two attached hydrogens (primary N) is 1. The first-order valence-corrected chi connectivity index (χ1v) is 7.27. The molecule has 7 heteroatoms. The van der Waals surface area contributed by atoms with Gasteiger partial charge in [-0.2, -0.15) is 0 Å². The van der Waals surface area contributed by atoms with Crippen molar-refractivity contribution in [3.05, 3.63) is 22.8 Å². The van der Waals surface area contributed by atoms with Crippen LogP contribution in [0.15, 0.2) is 22.8 Å². The van der Waals surface area contributed by atoms with Crippen LogP contribution in [0.25, 0.3) is 11.3 Å². The van der Waals surface area contributed by atoms with E-state index in [4.69, 9.17) is 15.2 Å². The molecule has 0 saturated carbocycles. The molecule has 0 aliphatic carbocycles. The molecule has 0 unspecified atom stereocenters. The van der Waals surface area contributed by atoms with Gasteiger partial charge in [0.2, 0.25) is 0 Å². The summed E-state index contributed by atoms with van der Waals surface area (Å²) in [6, 6.07) is 3.89. The van der Waals surface area contributed by atoms with Crippen molar-refractivity contribution < 1.29 is 9.47 Å². The highest BCUT2D eigenvalue weighted by molar-refractivity contribution is 9.10. The van der Waals surface area contributed by atoms with E-state index in [9.17, 15) is 0 Å². The predicted molar refractivity (Wildman–Crippen MR) is 77.8 cm³/mol. The van der Waals surface area contributed by atoms with E-state index < -0.39 is 0 Å². The Morgan fingerprint density at radius 2 is 2.15 bits per heavy atom. The molecule has 0 fully saturated rings. The average Bonchev–Trinajstić information content (AvgIpc) is 2.94. The van der Waals surface area contributed by atoms with E-state index >= 15 is 0 Å². The maximum Gasteiger partial charge on any atom is 0.175 e. The van der Waals surface area contributed by atoms with Crippen LogP contribution in [0.4, 0.5) is 0 Å². The summed E-state index contributed by atoms with van der Waals surface area (Å²) in [7, 11) is 0. The van der Waals surface area contributed by atoms with Crippen LogP contribution in [-0.2, 0) is 6.54 Å².